The Morgan fingerprint density at radius 3 is 2.57 bits per heavy atom. The van der Waals surface area contributed by atoms with Crippen LogP contribution in [0, 0.1) is 5.82 Å². The predicted molar refractivity (Wildman–Crippen MR) is 133 cm³/mol. The van der Waals surface area contributed by atoms with Crippen LogP contribution < -0.4 is 10.1 Å². The van der Waals surface area contributed by atoms with Crippen molar-refractivity contribution in [3.8, 4) is 5.75 Å². The number of aryl methyl sites for hydroxylation is 1. The number of nitrogens with one attached hydrogen (secondary N) is 1. The van der Waals surface area contributed by atoms with E-state index in [0.29, 0.717) is 30.8 Å². The normalized spacial score (nSPS) is 18.5. The quantitative estimate of drug-likeness (QED) is 0.587. The number of carbonyl (C=O) groups is 2. The minimum absolute atomic E-state index is 0.226. The van der Waals surface area contributed by atoms with Crippen LogP contribution in [0.1, 0.15) is 76.3 Å². The SMILES string of the molecule is CCOc1ccc2c(c1)CCN(C(=O)OC(C)(C)C)[C@H]2C(=O)Nc1cc(F)c2c(c1)CCC2(C)C. The first-order valence-electron chi connectivity index (χ1n) is 12.3. The predicted octanol–water partition coefficient (Wildman–Crippen LogP) is 5.92. The van der Waals surface area contributed by atoms with Gasteiger partial charge in [-0.2, -0.15) is 0 Å². The van der Waals surface area contributed by atoms with Crippen LogP contribution >= 0.6 is 0 Å². The van der Waals surface area contributed by atoms with E-state index in [1.807, 2.05) is 39.0 Å². The van der Waals surface area contributed by atoms with E-state index in [1.54, 1.807) is 26.8 Å². The number of benzene rings is 2. The molecule has 0 bridgehead atoms. The van der Waals surface area contributed by atoms with Crippen LogP contribution in [-0.2, 0) is 27.8 Å². The van der Waals surface area contributed by atoms with Gasteiger partial charge in [-0.05, 0) is 98.9 Å². The Balaban J connectivity index is 1.67. The van der Waals surface area contributed by atoms with Crippen molar-refractivity contribution in [3.05, 3.63) is 58.4 Å². The Morgan fingerprint density at radius 2 is 1.89 bits per heavy atom. The molecule has 0 saturated carbocycles. The number of nitrogens with zero attached hydrogens (tertiary/aromatic N) is 1. The minimum atomic E-state index is -0.906. The minimum Gasteiger partial charge on any atom is -0.494 e. The average molecular weight is 483 g/mol. The van der Waals surface area contributed by atoms with E-state index in [1.165, 1.54) is 11.0 Å². The van der Waals surface area contributed by atoms with E-state index in [-0.39, 0.29) is 11.2 Å². The average Bonchev–Trinajstić information content (AvgIpc) is 3.06. The summed E-state index contributed by atoms with van der Waals surface area (Å²) in [4.78, 5) is 28.2. The molecule has 1 aliphatic carbocycles. The Hall–Kier alpha value is -3.09. The summed E-state index contributed by atoms with van der Waals surface area (Å²) in [7, 11) is 0. The van der Waals surface area contributed by atoms with Crippen molar-refractivity contribution in [3.63, 3.8) is 0 Å². The summed E-state index contributed by atoms with van der Waals surface area (Å²) in [6.07, 6.45) is 1.64. The fraction of sp³-hybridized carbons (Fsp3) is 0.500. The van der Waals surface area contributed by atoms with Gasteiger partial charge in [-0.3, -0.25) is 9.69 Å². The number of anilines is 1. The van der Waals surface area contributed by atoms with E-state index in [9.17, 15) is 9.59 Å². The number of fused-ring (bicyclic) bond motifs is 2. The maximum absolute atomic E-state index is 15.0. The van der Waals surface area contributed by atoms with Gasteiger partial charge < -0.3 is 14.8 Å². The number of hydrogen-bond acceptors (Lipinski definition) is 4. The first kappa shape index (κ1) is 25.0. The van der Waals surface area contributed by atoms with Crippen molar-refractivity contribution < 1.29 is 23.5 Å². The molecule has 1 heterocycles. The lowest BCUT2D eigenvalue weighted by atomic mass is 9.86. The topological polar surface area (TPSA) is 67.9 Å². The van der Waals surface area contributed by atoms with Crippen molar-refractivity contribution in [2.45, 2.75) is 77.9 Å². The van der Waals surface area contributed by atoms with Crippen LogP contribution in [0.25, 0.3) is 0 Å². The van der Waals surface area contributed by atoms with Gasteiger partial charge in [0.25, 0.3) is 5.91 Å². The first-order chi connectivity index (χ1) is 16.4. The molecule has 188 valence electrons. The van der Waals surface area contributed by atoms with Gasteiger partial charge in [-0.25, -0.2) is 9.18 Å². The molecule has 2 aliphatic rings. The highest BCUT2D eigenvalue weighted by Gasteiger charge is 2.39. The molecule has 7 heteroatoms. The lowest BCUT2D eigenvalue weighted by molar-refractivity contribution is -0.122. The van der Waals surface area contributed by atoms with Gasteiger partial charge in [-0.1, -0.05) is 19.9 Å². The molecular formula is C28H35FN2O4. The molecule has 2 amide bonds. The molecule has 0 fully saturated rings. The van der Waals surface area contributed by atoms with Crippen LogP contribution in [-0.4, -0.2) is 35.7 Å². The highest BCUT2D eigenvalue weighted by atomic mass is 19.1. The van der Waals surface area contributed by atoms with Gasteiger partial charge in [0.2, 0.25) is 0 Å². The Kier molecular flexibility index (Phi) is 6.56. The van der Waals surface area contributed by atoms with Crippen molar-refractivity contribution in [2.24, 2.45) is 0 Å². The zero-order chi connectivity index (χ0) is 25.5. The molecule has 1 aliphatic heterocycles. The summed E-state index contributed by atoms with van der Waals surface area (Å²) in [6, 6.07) is 7.87. The Morgan fingerprint density at radius 1 is 1.14 bits per heavy atom. The summed E-state index contributed by atoms with van der Waals surface area (Å²) in [5.74, 6) is 0.00621. The zero-order valence-corrected chi connectivity index (χ0v) is 21.5. The van der Waals surface area contributed by atoms with Crippen molar-refractivity contribution in [2.75, 3.05) is 18.5 Å². The highest BCUT2D eigenvalue weighted by molar-refractivity contribution is 5.98. The second-order valence-electron chi connectivity index (χ2n) is 11.0. The zero-order valence-electron chi connectivity index (χ0n) is 21.5. The maximum atomic E-state index is 15.0. The molecule has 35 heavy (non-hydrogen) atoms. The fourth-order valence-electron chi connectivity index (χ4n) is 5.13. The molecule has 0 spiro atoms. The van der Waals surface area contributed by atoms with Crippen molar-refractivity contribution >= 4 is 17.7 Å². The lowest BCUT2D eigenvalue weighted by Crippen LogP contribution is -2.47. The van der Waals surface area contributed by atoms with Crippen LogP contribution in [0.3, 0.4) is 0 Å². The fourth-order valence-corrected chi connectivity index (χ4v) is 5.13. The van der Waals surface area contributed by atoms with E-state index in [4.69, 9.17) is 9.47 Å². The third-order valence-electron chi connectivity index (χ3n) is 6.67. The van der Waals surface area contributed by atoms with Crippen LogP contribution in [0.4, 0.5) is 14.9 Å². The largest absolute Gasteiger partial charge is 0.494 e. The van der Waals surface area contributed by atoms with E-state index < -0.39 is 23.6 Å². The standard InChI is InChI=1S/C28H35FN2O4/c1-7-34-20-8-9-21-17(15-20)11-13-31(26(33)35-27(2,3)4)24(21)25(32)30-19-14-18-10-12-28(5,6)23(18)22(29)16-19/h8-9,14-16,24H,7,10-13H2,1-6H3,(H,30,32)/t24-/m1/s1. The number of halogens is 1. The van der Waals surface area contributed by atoms with E-state index in [0.717, 1.165) is 35.3 Å². The van der Waals surface area contributed by atoms with Gasteiger partial charge in [0.15, 0.2) is 0 Å². The number of ether oxygens (including phenoxy) is 2. The maximum Gasteiger partial charge on any atom is 0.411 e. The van der Waals surface area contributed by atoms with Gasteiger partial charge in [0, 0.05) is 12.2 Å². The smallest absolute Gasteiger partial charge is 0.411 e. The van der Waals surface area contributed by atoms with Crippen LogP contribution in [0.15, 0.2) is 30.3 Å². The van der Waals surface area contributed by atoms with Gasteiger partial charge in [-0.15, -0.1) is 0 Å². The van der Waals surface area contributed by atoms with Crippen LogP contribution in [0.5, 0.6) is 5.75 Å². The summed E-state index contributed by atoms with van der Waals surface area (Å²) < 4.78 is 26.3. The molecule has 0 aromatic heterocycles. The molecular weight excluding hydrogens is 447 g/mol. The summed E-state index contributed by atoms with van der Waals surface area (Å²) in [6.45, 7) is 12.2. The Labute approximate surface area is 206 Å². The molecule has 1 N–H and O–H groups in total. The monoisotopic (exact) mass is 482 g/mol. The number of rotatable bonds is 4. The highest BCUT2D eigenvalue weighted by Crippen LogP contribution is 2.41. The van der Waals surface area contributed by atoms with Crippen LogP contribution in [0.2, 0.25) is 0 Å². The lowest BCUT2D eigenvalue weighted by Gasteiger charge is -2.37. The first-order valence-corrected chi connectivity index (χ1v) is 12.3. The number of amides is 2. The molecule has 2 aromatic rings. The Bertz CT molecular complexity index is 1150. The molecule has 1 atom stereocenters. The van der Waals surface area contributed by atoms with Gasteiger partial charge in [0.05, 0.1) is 6.61 Å². The summed E-state index contributed by atoms with van der Waals surface area (Å²) in [5, 5.41) is 2.88. The van der Waals surface area contributed by atoms with Gasteiger partial charge in [0.1, 0.15) is 23.2 Å². The third kappa shape index (κ3) is 5.14. The molecule has 4 rings (SSSR count). The number of carbonyl (C=O) groups excluding carboxylic acids is 2. The van der Waals surface area contributed by atoms with Gasteiger partial charge >= 0.3 is 6.09 Å². The molecule has 2 aromatic carbocycles. The van der Waals surface area contributed by atoms with Crippen molar-refractivity contribution in [1.29, 1.82) is 0 Å². The summed E-state index contributed by atoms with van der Waals surface area (Å²) in [5.41, 5.74) is 2.76. The van der Waals surface area contributed by atoms with E-state index in [2.05, 4.69) is 5.32 Å². The molecule has 6 nitrogen and oxygen atoms in total. The van der Waals surface area contributed by atoms with E-state index >= 15 is 4.39 Å². The second-order valence-corrected chi connectivity index (χ2v) is 11.0. The van der Waals surface area contributed by atoms with Crippen molar-refractivity contribution in [1.82, 2.24) is 4.90 Å². The second kappa shape index (κ2) is 9.17. The number of hydrogen-bond donors (Lipinski definition) is 1. The molecule has 0 radical (unpaired) electrons. The molecule has 0 unspecified atom stereocenters. The molecule has 0 saturated heterocycles. The summed E-state index contributed by atoms with van der Waals surface area (Å²) >= 11 is 0. The third-order valence-corrected chi connectivity index (χ3v) is 6.67.